The summed E-state index contributed by atoms with van der Waals surface area (Å²) < 4.78 is 1.20. The second-order valence-electron chi connectivity index (χ2n) is 2.33. The topological polar surface area (TPSA) is 33.6 Å². The highest BCUT2D eigenvalue weighted by atomic mass is 127. The molecule has 0 spiro atoms. The highest BCUT2D eigenvalue weighted by molar-refractivity contribution is 14.1. The first-order valence-corrected chi connectivity index (χ1v) is 4.96. The Bertz CT molecular complexity index is 289. The van der Waals surface area contributed by atoms with Gasteiger partial charge in [0.25, 0.3) is 0 Å². The lowest BCUT2D eigenvalue weighted by Gasteiger charge is -2.04. The van der Waals surface area contributed by atoms with Crippen LogP contribution in [0, 0.1) is 3.57 Å². The molecule has 0 heterocycles. The zero-order valence-electron chi connectivity index (χ0n) is 7.33. The number of oxime groups is 1. The largest absolute Gasteiger partial charge is 0.399 e. The Morgan fingerprint density at radius 2 is 2.31 bits per heavy atom. The number of nitrogens with zero attached hydrogens (tertiary/aromatic N) is 1. The third-order valence-corrected chi connectivity index (χ3v) is 2.38. The number of anilines is 1. The van der Waals surface area contributed by atoms with Crippen LogP contribution in [0.3, 0.4) is 0 Å². The second kappa shape index (κ2) is 5.80. The van der Waals surface area contributed by atoms with Crippen LogP contribution in [-0.4, -0.2) is 19.9 Å². The van der Waals surface area contributed by atoms with E-state index < -0.39 is 0 Å². The van der Waals surface area contributed by atoms with Crippen molar-refractivity contribution in [2.75, 3.05) is 19.0 Å². The minimum atomic E-state index is 0.674. The van der Waals surface area contributed by atoms with Crippen molar-refractivity contribution in [2.45, 2.75) is 0 Å². The van der Waals surface area contributed by atoms with E-state index in [0.717, 1.165) is 5.69 Å². The third-order valence-electron chi connectivity index (χ3n) is 1.44. The van der Waals surface area contributed by atoms with Gasteiger partial charge in [0.1, 0.15) is 7.11 Å². The Balaban J connectivity index is 2.45. The van der Waals surface area contributed by atoms with Gasteiger partial charge in [0.05, 0.1) is 12.8 Å². The number of nitrogens with one attached hydrogen (secondary N) is 1. The van der Waals surface area contributed by atoms with Crippen LogP contribution in [0.4, 0.5) is 5.69 Å². The Morgan fingerprint density at radius 1 is 1.54 bits per heavy atom. The van der Waals surface area contributed by atoms with Crippen LogP contribution in [0.5, 0.6) is 0 Å². The van der Waals surface area contributed by atoms with Gasteiger partial charge in [-0.3, -0.25) is 0 Å². The molecule has 0 fully saturated rings. The number of halogens is 1. The summed E-state index contributed by atoms with van der Waals surface area (Å²) in [6.07, 6.45) is 1.68. The lowest BCUT2D eigenvalue weighted by atomic mass is 10.3. The van der Waals surface area contributed by atoms with Gasteiger partial charge in [-0.15, -0.1) is 0 Å². The zero-order valence-corrected chi connectivity index (χ0v) is 9.48. The van der Waals surface area contributed by atoms with Crippen LogP contribution >= 0.6 is 22.6 Å². The molecular weight excluding hydrogens is 279 g/mol. The van der Waals surface area contributed by atoms with Crippen molar-refractivity contribution in [2.24, 2.45) is 5.16 Å². The molecule has 0 unspecified atom stereocenters. The molecule has 3 nitrogen and oxygen atoms in total. The molecule has 0 saturated carbocycles. The van der Waals surface area contributed by atoms with E-state index in [0.29, 0.717) is 6.54 Å². The van der Waals surface area contributed by atoms with Crippen molar-refractivity contribution in [1.29, 1.82) is 0 Å². The lowest BCUT2D eigenvalue weighted by Crippen LogP contribution is -2.03. The van der Waals surface area contributed by atoms with Crippen molar-refractivity contribution in [3.05, 3.63) is 27.8 Å². The summed E-state index contributed by atoms with van der Waals surface area (Å²) in [6.45, 7) is 0.674. The Morgan fingerprint density at radius 3 is 3.00 bits per heavy atom. The number of benzene rings is 1. The first-order chi connectivity index (χ1) is 6.34. The molecule has 0 aliphatic carbocycles. The molecule has 0 bridgehead atoms. The predicted molar refractivity (Wildman–Crippen MR) is 63.1 cm³/mol. The van der Waals surface area contributed by atoms with Gasteiger partial charge < -0.3 is 10.2 Å². The first-order valence-electron chi connectivity index (χ1n) is 3.88. The monoisotopic (exact) mass is 290 g/mol. The standard InChI is InChI=1S/C9H11IN2O/c1-13-12-7-6-11-9-5-3-2-4-8(9)10/h2-5,7,11H,6H2,1H3/b12-7+. The third kappa shape index (κ3) is 3.63. The van der Waals surface area contributed by atoms with Crippen LogP contribution in [-0.2, 0) is 4.84 Å². The molecule has 13 heavy (non-hydrogen) atoms. The first kappa shape index (κ1) is 10.3. The molecule has 1 rings (SSSR count). The van der Waals surface area contributed by atoms with E-state index in [1.54, 1.807) is 6.21 Å². The molecule has 0 amide bonds. The van der Waals surface area contributed by atoms with E-state index in [1.807, 2.05) is 18.2 Å². The number of para-hydroxylation sites is 1. The summed E-state index contributed by atoms with van der Waals surface area (Å²) in [5.74, 6) is 0. The molecule has 0 aliphatic rings. The lowest BCUT2D eigenvalue weighted by molar-refractivity contribution is 0.215. The van der Waals surface area contributed by atoms with Crippen molar-refractivity contribution < 1.29 is 4.84 Å². The minimum absolute atomic E-state index is 0.674. The molecule has 4 heteroatoms. The molecular formula is C9H11IN2O. The van der Waals surface area contributed by atoms with Gasteiger partial charge in [0.15, 0.2) is 0 Å². The normalized spacial score (nSPS) is 10.3. The molecule has 0 saturated heterocycles. The van der Waals surface area contributed by atoms with E-state index in [4.69, 9.17) is 0 Å². The zero-order chi connectivity index (χ0) is 9.52. The molecule has 1 aromatic carbocycles. The number of rotatable bonds is 4. The van der Waals surface area contributed by atoms with Crippen LogP contribution in [0.25, 0.3) is 0 Å². The minimum Gasteiger partial charge on any atom is -0.399 e. The van der Waals surface area contributed by atoms with Crippen molar-refractivity contribution in [3.8, 4) is 0 Å². The van der Waals surface area contributed by atoms with Crippen molar-refractivity contribution >= 4 is 34.5 Å². The van der Waals surface area contributed by atoms with E-state index in [1.165, 1.54) is 10.7 Å². The summed E-state index contributed by atoms with van der Waals surface area (Å²) in [6, 6.07) is 8.09. The number of hydrogen-bond donors (Lipinski definition) is 1. The maximum Gasteiger partial charge on any atom is 0.106 e. The average Bonchev–Trinajstić information content (AvgIpc) is 2.15. The van der Waals surface area contributed by atoms with Gasteiger partial charge in [-0.1, -0.05) is 17.3 Å². The highest BCUT2D eigenvalue weighted by Gasteiger charge is 1.94. The van der Waals surface area contributed by atoms with E-state index >= 15 is 0 Å². The summed E-state index contributed by atoms with van der Waals surface area (Å²) in [5, 5.41) is 6.84. The maximum atomic E-state index is 4.54. The fourth-order valence-electron chi connectivity index (χ4n) is 0.872. The summed E-state index contributed by atoms with van der Waals surface area (Å²) in [7, 11) is 1.53. The van der Waals surface area contributed by atoms with Gasteiger partial charge >= 0.3 is 0 Å². The predicted octanol–water partition coefficient (Wildman–Crippen LogP) is 2.34. The fourth-order valence-corrected chi connectivity index (χ4v) is 1.45. The molecule has 1 N–H and O–H groups in total. The van der Waals surface area contributed by atoms with Gasteiger partial charge in [0.2, 0.25) is 0 Å². The second-order valence-corrected chi connectivity index (χ2v) is 3.49. The van der Waals surface area contributed by atoms with Crippen LogP contribution in [0.1, 0.15) is 0 Å². The Labute approximate surface area is 91.3 Å². The molecule has 1 aromatic rings. The summed E-state index contributed by atoms with van der Waals surface area (Å²) in [4.78, 5) is 4.54. The molecule has 70 valence electrons. The summed E-state index contributed by atoms with van der Waals surface area (Å²) in [5.41, 5.74) is 1.12. The molecule has 0 aromatic heterocycles. The van der Waals surface area contributed by atoms with Crippen molar-refractivity contribution in [3.63, 3.8) is 0 Å². The van der Waals surface area contributed by atoms with Crippen LogP contribution in [0.15, 0.2) is 29.4 Å². The van der Waals surface area contributed by atoms with Crippen LogP contribution in [0.2, 0.25) is 0 Å². The maximum absolute atomic E-state index is 4.54. The SMILES string of the molecule is CO/N=C/CNc1ccccc1I. The van der Waals surface area contributed by atoms with E-state index in [2.05, 4.69) is 44.0 Å². The van der Waals surface area contributed by atoms with Gasteiger partial charge in [0, 0.05) is 9.26 Å². The van der Waals surface area contributed by atoms with E-state index in [9.17, 15) is 0 Å². The fraction of sp³-hybridized carbons (Fsp3) is 0.222. The quantitative estimate of drug-likeness (QED) is 0.524. The van der Waals surface area contributed by atoms with Gasteiger partial charge in [-0.2, -0.15) is 0 Å². The van der Waals surface area contributed by atoms with Gasteiger partial charge in [-0.05, 0) is 34.7 Å². The van der Waals surface area contributed by atoms with Crippen LogP contribution < -0.4 is 5.32 Å². The van der Waals surface area contributed by atoms with Crippen molar-refractivity contribution in [1.82, 2.24) is 0 Å². The Kier molecular flexibility index (Phi) is 4.59. The molecule has 0 atom stereocenters. The number of hydrogen-bond acceptors (Lipinski definition) is 3. The average molecular weight is 290 g/mol. The highest BCUT2D eigenvalue weighted by Crippen LogP contribution is 2.15. The van der Waals surface area contributed by atoms with E-state index in [-0.39, 0.29) is 0 Å². The summed E-state index contributed by atoms with van der Waals surface area (Å²) >= 11 is 2.28. The smallest absolute Gasteiger partial charge is 0.106 e. The Hall–Kier alpha value is -0.780. The molecule has 0 radical (unpaired) electrons. The van der Waals surface area contributed by atoms with Gasteiger partial charge in [-0.25, -0.2) is 0 Å². The molecule has 0 aliphatic heterocycles.